The molecular weight excluding hydrogens is 579 g/mol. The minimum atomic E-state index is -4.94. The summed E-state index contributed by atoms with van der Waals surface area (Å²) < 4.78 is 52.3. The number of hydrogen-bond donors (Lipinski definition) is 2. The van der Waals surface area contributed by atoms with Crippen LogP contribution in [0.5, 0.6) is 5.75 Å². The first-order valence-electron chi connectivity index (χ1n) is 12.2. The Kier molecular flexibility index (Phi) is 7.74. The number of thiophene rings is 2. The van der Waals surface area contributed by atoms with Gasteiger partial charge in [0.15, 0.2) is 0 Å². The van der Waals surface area contributed by atoms with Crippen LogP contribution in [0.1, 0.15) is 24.2 Å². The molecule has 0 saturated carbocycles. The number of aromatic nitrogens is 2. The van der Waals surface area contributed by atoms with Crippen molar-refractivity contribution in [2.75, 3.05) is 5.32 Å². The number of rotatable bonds is 8. The number of carbonyl (C=O) groups is 2. The molecule has 41 heavy (non-hydrogen) atoms. The molecule has 0 bridgehead atoms. The summed E-state index contributed by atoms with van der Waals surface area (Å²) in [5, 5.41) is 16.1. The lowest BCUT2D eigenvalue weighted by Gasteiger charge is -2.14. The van der Waals surface area contributed by atoms with Crippen LogP contribution >= 0.6 is 22.7 Å². The SMILES string of the molecule is CC(OC(=O)Nc1c(-c2cc3sc(-c4ccc(CC(=O)O)cc4OC(F)(F)F)cc3s2)cnn1C)c1ccccc1. The normalized spacial score (nSPS) is 12.3. The Morgan fingerprint density at radius 2 is 1.68 bits per heavy atom. The van der Waals surface area contributed by atoms with Gasteiger partial charge in [-0.3, -0.25) is 14.8 Å². The molecule has 1 unspecified atom stereocenters. The van der Waals surface area contributed by atoms with Crippen molar-refractivity contribution in [2.24, 2.45) is 7.05 Å². The summed E-state index contributed by atoms with van der Waals surface area (Å²) in [6.45, 7) is 1.77. The van der Waals surface area contributed by atoms with E-state index in [9.17, 15) is 22.8 Å². The average molecular weight is 602 g/mol. The number of nitrogens with zero attached hydrogens (tertiary/aromatic N) is 2. The Morgan fingerprint density at radius 3 is 2.32 bits per heavy atom. The number of benzene rings is 2. The van der Waals surface area contributed by atoms with Crippen LogP contribution in [0.4, 0.5) is 23.8 Å². The lowest BCUT2D eigenvalue weighted by atomic mass is 10.1. The third kappa shape index (κ3) is 6.52. The van der Waals surface area contributed by atoms with Gasteiger partial charge in [0.25, 0.3) is 0 Å². The standard InChI is InChI=1S/C28H22F3N3O5S2/c1-15(17-6-4-3-5-7-17)38-27(37)33-26-19(14-32-34(26)2)22-13-24-23(41-22)12-21(40-24)18-9-8-16(11-25(35)36)10-20(18)39-28(29,30)31/h3-10,12-15H,11H2,1-2H3,(H,33,37)(H,35,36). The van der Waals surface area contributed by atoms with E-state index >= 15 is 0 Å². The van der Waals surface area contributed by atoms with Crippen molar-refractivity contribution >= 4 is 50.0 Å². The van der Waals surface area contributed by atoms with Crippen molar-refractivity contribution in [3.05, 3.63) is 78.0 Å². The van der Waals surface area contributed by atoms with Crippen molar-refractivity contribution in [1.29, 1.82) is 0 Å². The molecule has 0 saturated heterocycles. The second-order valence-corrected chi connectivity index (χ2v) is 11.2. The monoisotopic (exact) mass is 601 g/mol. The van der Waals surface area contributed by atoms with Crippen molar-refractivity contribution < 1.29 is 37.3 Å². The van der Waals surface area contributed by atoms with Crippen LogP contribution in [0.3, 0.4) is 0 Å². The summed E-state index contributed by atoms with van der Waals surface area (Å²) in [5.41, 5.74) is 1.90. The number of hydrogen-bond acceptors (Lipinski definition) is 7. The molecule has 5 aromatic rings. The molecule has 13 heteroatoms. The molecule has 2 aromatic carbocycles. The van der Waals surface area contributed by atoms with Crippen LogP contribution in [0.25, 0.3) is 30.3 Å². The molecule has 0 aliphatic carbocycles. The van der Waals surface area contributed by atoms with Gasteiger partial charge < -0.3 is 14.6 Å². The number of carboxylic acid groups (broad SMARTS) is 1. The highest BCUT2D eigenvalue weighted by Crippen LogP contribution is 2.46. The van der Waals surface area contributed by atoms with Gasteiger partial charge in [0, 0.05) is 31.8 Å². The second-order valence-electron chi connectivity index (χ2n) is 9.01. The van der Waals surface area contributed by atoms with Crippen LogP contribution in [-0.4, -0.2) is 33.3 Å². The molecule has 212 valence electrons. The van der Waals surface area contributed by atoms with Gasteiger partial charge in [-0.15, -0.1) is 35.8 Å². The second kappa shape index (κ2) is 11.3. The van der Waals surface area contributed by atoms with Gasteiger partial charge in [0.05, 0.1) is 18.2 Å². The maximum Gasteiger partial charge on any atom is 0.573 e. The molecule has 3 heterocycles. The number of nitrogens with one attached hydrogen (secondary N) is 1. The van der Waals surface area contributed by atoms with E-state index in [1.54, 1.807) is 26.2 Å². The molecule has 0 radical (unpaired) electrons. The van der Waals surface area contributed by atoms with Crippen LogP contribution < -0.4 is 10.1 Å². The first-order valence-corrected chi connectivity index (χ1v) is 13.8. The average Bonchev–Trinajstić information content (AvgIpc) is 3.57. The first-order chi connectivity index (χ1) is 19.5. The first kappa shape index (κ1) is 28.2. The van der Waals surface area contributed by atoms with E-state index in [0.717, 1.165) is 25.9 Å². The number of ether oxygens (including phenoxy) is 2. The third-order valence-corrected chi connectivity index (χ3v) is 8.44. The lowest BCUT2D eigenvalue weighted by molar-refractivity contribution is -0.274. The Balaban J connectivity index is 1.40. The number of aryl methyl sites for hydroxylation is 1. The maximum absolute atomic E-state index is 13.1. The van der Waals surface area contributed by atoms with Gasteiger partial charge >= 0.3 is 18.4 Å². The van der Waals surface area contributed by atoms with Gasteiger partial charge in [-0.25, -0.2) is 4.79 Å². The third-order valence-electron chi connectivity index (χ3n) is 6.08. The number of aliphatic carboxylic acids is 1. The summed E-state index contributed by atoms with van der Waals surface area (Å²) in [7, 11) is 1.68. The molecule has 1 atom stereocenters. The molecule has 8 nitrogen and oxygen atoms in total. The minimum absolute atomic E-state index is 0.189. The summed E-state index contributed by atoms with van der Waals surface area (Å²) in [6.07, 6.45) is -4.87. The van der Waals surface area contributed by atoms with E-state index in [2.05, 4.69) is 15.2 Å². The zero-order valence-electron chi connectivity index (χ0n) is 21.6. The number of halogens is 3. The smallest absolute Gasteiger partial charge is 0.481 e. The molecular formula is C28H22F3N3O5S2. The molecule has 0 aliphatic rings. The maximum atomic E-state index is 13.1. The minimum Gasteiger partial charge on any atom is -0.481 e. The highest BCUT2D eigenvalue weighted by atomic mass is 32.1. The summed E-state index contributed by atoms with van der Waals surface area (Å²) in [5.74, 6) is -1.20. The quantitative estimate of drug-likeness (QED) is 0.188. The molecule has 3 aromatic heterocycles. The van der Waals surface area contributed by atoms with Gasteiger partial charge in [-0.05, 0) is 42.3 Å². The molecule has 2 N–H and O–H groups in total. The number of anilines is 1. The number of carboxylic acids is 1. The van der Waals surface area contributed by atoms with Gasteiger partial charge in [0.1, 0.15) is 17.7 Å². The number of carbonyl (C=O) groups excluding carboxylic acids is 1. The molecule has 0 aliphatic heterocycles. The van der Waals surface area contributed by atoms with Crippen LogP contribution in [0.15, 0.2) is 66.9 Å². The van der Waals surface area contributed by atoms with E-state index in [1.807, 2.05) is 36.4 Å². The van der Waals surface area contributed by atoms with E-state index < -0.39 is 36.7 Å². The predicted octanol–water partition coefficient (Wildman–Crippen LogP) is 7.87. The van der Waals surface area contributed by atoms with E-state index in [0.29, 0.717) is 16.3 Å². The largest absolute Gasteiger partial charge is 0.573 e. The molecule has 5 rings (SSSR count). The summed E-state index contributed by atoms with van der Waals surface area (Å²) in [6, 6.07) is 16.9. The van der Waals surface area contributed by atoms with Crippen molar-refractivity contribution in [3.63, 3.8) is 0 Å². The topological polar surface area (TPSA) is 103 Å². The van der Waals surface area contributed by atoms with E-state index in [-0.39, 0.29) is 11.1 Å². The van der Waals surface area contributed by atoms with Gasteiger partial charge in [-0.2, -0.15) is 5.10 Å². The van der Waals surface area contributed by atoms with Gasteiger partial charge in [-0.1, -0.05) is 36.4 Å². The Labute approximate surface area is 239 Å². The Morgan fingerprint density at radius 1 is 1.02 bits per heavy atom. The zero-order valence-corrected chi connectivity index (χ0v) is 23.2. The van der Waals surface area contributed by atoms with E-state index in [4.69, 9.17) is 9.84 Å². The van der Waals surface area contributed by atoms with Gasteiger partial charge in [0.2, 0.25) is 0 Å². The van der Waals surface area contributed by atoms with Crippen molar-refractivity contribution in [3.8, 4) is 26.6 Å². The number of fused-ring (bicyclic) bond motifs is 1. The van der Waals surface area contributed by atoms with Crippen molar-refractivity contribution in [1.82, 2.24) is 9.78 Å². The van der Waals surface area contributed by atoms with Crippen LogP contribution in [0.2, 0.25) is 0 Å². The number of amides is 1. The summed E-state index contributed by atoms with van der Waals surface area (Å²) in [4.78, 5) is 25.0. The molecule has 0 spiro atoms. The van der Waals surface area contributed by atoms with Crippen LogP contribution in [0, 0.1) is 0 Å². The van der Waals surface area contributed by atoms with Crippen LogP contribution in [-0.2, 0) is 23.0 Å². The summed E-state index contributed by atoms with van der Waals surface area (Å²) >= 11 is 2.65. The van der Waals surface area contributed by atoms with E-state index in [1.165, 1.54) is 39.5 Å². The fourth-order valence-corrected chi connectivity index (χ4v) is 6.65. The predicted molar refractivity (Wildman–Crippen MR) is 150 cm³/mol. The van der Waals surface area contributed by atoms with Crippen molar-refractivity contribution in [2.45, 2.75) is 25.8 Å². The Hall–Kier alpha value is -4.36. The molecule has 1 amide bonds. The number of alkyl halides is 3. The fraction of sp³-hybridized carbons (Fsp3) is 0.179. The molecule has 0 fully saturated rings. The zero-order chi connectivity index (χ0) is 29.3. The highest BCUT2D eigenvalue weighted by Gasteiger charge is 2.33. The highest BCUT2D eigenvalue weighted by molar-refractivity contribution is 7.31. The Bertz CT molecular complexity index is 1700. The fourth-order valence-electron chi connectivity index (χ4n) is 4.21. The lowest BCUT2D eigenvalue weighted by Crippen LogP contribution is -2.18.